The van der Waals surface area contributed by atoms with Gasteiger partial charge in [-0.2, -0.15) is 5.10 Å². The van der Waals surface area contributed by atoms with E-state index in [0.717, 1.165) is 11.1 Å². The Morgan fingerprint density at radius 1 is 1.38 bits per heavy atom. The number of halogens is 2. The summed E-state index contributed by atoms with van der Waals surface area (Å²) >= 11 is 12.0. The van der Waals surface area contributed by atoms with Crippen molar-refractivity contribution in [3.8, 4) is 0 Å². The SMILES string of the molecule is Cn1cc(CCC(=O)N2CCO[C@H](c3ccc(Cl)c(Cl)c3)C2)cn1. The van der Waals surface area contributed by atoms with E-state index < -0.39 is 0 Å². The number of carbonyl (C=O) groups is 1. The van der Waals surface area contributed by atoms with E-state index in [1.165, 1.54) is 0 Å². The van der Waals surface area contributed by atoms with Crippen LogP contribution in [0.1, 0.15) is 23.7 Å². The molecular weight excluding hydrogens is 349 g/mol. The molecule has 2 heterocycles. The molecule has 128 valence electrons. The van der Waals surface area contributed by atoms with Gasteiger partial charge in [-0.05, 0) is 29.7 Å². The molecule has 1 aliphatic rings. The van der Waals surface area contributed by atoms with E-state index in [2.05, 4.69) is 5.10 Å². The molecule has 3 rings (SSSR count). The van der Waals surface area contributed by atoms with Gasteiger partial charge in [-0.15, -0.1) is 0 Å². The number of amides is 1. The average molecular weight is 368 g/mol. The Labute approximate surface area is 151 Å². The van der Waals surface area contributed by atoms with Gasteiger partial charge in [0, 0.05) is 26.2 Å². The van der Waals surface area contributed by atoms with Crippen molar-refractivity contribution >= 4 is 29.1 Å². The van der Waals surface area contributed by atoms with Crippen molar-refractivity contribution < 1.29 is 9.53 Å². The highest BCUT2D eigenvalue weighted by Crippen LogP contribution is 2.29. The van der Waals surface area contributed by atoms with Gasteiger partial charge in [0.25, 0.3) is 0 Å². The second-order valence-electron chi connectivity index (χ2n) is 5.89. The highest BCUT2D eigenvalue weighted by molar-refractivity contribution is 6.42. The first-order chi connectivity index (χ1) is 11.5. The third-order valence-corrected chi connectivity index (χ3v) is 4.86. The maximum atomic E-state index is 12.5. The summed E-state index contributed by atoms with van der Waals surface area (Å²) in [6, 6.07) is 5.45. The van der Waals surface area contributed by atoms with Crippen molar-refractivity contribution in [2.75, 3.05) is 19.7 Å². The Kier molecular flexibility index (Phi) is 5.43. The largest absolute Gasteiger partial charge is 0.370 e. The number of rotatable bonds is 4. The van der Waals surface area contributed by atoms with Gasteiger partial charge in [0.1, 0.15) is 6.10 Å². The van der Waals surface area contributed by atoms with Gasteiger partial charge in [-0.25, -0.2) is 0 Å². The molecule has 0 spiro atoms. The van der Waals surface area contributed by atoms with Crippen LogP contribution in [0.25, 0.3) is 0 Å². The number of aromatic nitrogens is 2. The Hall–Kier alpha value is -1.56. The highest BCUT2D eigenvalue weighted by Gasteiger charge is 2.25. The Morgan fingerprint density at radius 3 is 2.92 bits per heavy atom. The third kappa shape index (κ3) is 4.09. The van der Waals surface area contributed by atoms with E-state index in [0.29, 0.717) is 42.6 Å². The average Bonchev–Trinajstić information content (AvgIpc) is 3.00. The van der Waals surface area contributed by atoms with Crippen LogP contribution in [0.3, 0.4) is 0 Å². The fourth-order valence-electron chi connectivity index (χ4n) is 2.80. The first-order valence-electron chi connectivity index (χ1n) is 7.85. The number of morpholine rings is 1. The smallest absolute Gasteiger partial charge is 0.223 e. The number of aryl methyl sites for hydroxylation is 2. The van der Waals surface area contributed by atoms with Gasteiger partial charge in [0.05, 0.1) is 29.4 Å². The maximum Gasteiger partial charge on any atom is 0.223 e. The maximum absolute atomic E-state index is 12.5. The molecule has 5 nitrogen and oxygen atoms in total. The molecule has 1 fully saturated rings. The fraction of sp³-hybridized carbons (Fsp3) is 0.412. The van der Waals surface area contributed by atoms with E-state index in [9.17, 15) is 4.79 Å². The second-order valence-corrected chi connectivity index (χ2v) is 6.71. The van der Waals surface area contributed by atoms with Crippen LogP contribution in [0.2, 0.25) is 10.0 Å². The van der Waals surface area contributed by atoms with Crippen LogP contribution in [0.4, 0.5) is 0 Å². The Morgan fingerprint density at radius 2 is 2.21 bits per heavy atom. The van der Waals surface area contributed by atoms with Gasteiger partial charge in [0.15, 0.2) is 0 Å². The number of ether oxygens (including phenoxy) is 1. The topological polar surface area (TPSA) is 47.4 Å². The van der Waals surface area contributed by atoms with Crippen LogP contribution in [-0.2, 0) is 23.0 Å². The van der Waals surface area contributed by atoms with Gasteiger partial charge in [-0.1, -0.05) is 29.3 Å². The molecule has 1 aliphatic heterocycles. The summed E-state index contributed by atoms with van der Waals surface area (Å²) in [5, 5.41) is 5.14. The number of carbonyl (C=O) groups excluding carboxylic acids is 1. The molecule has 7 heteroatoms. The normalized spacial score (nSPS) is 18.0. The lowest BCUT2D eigenvalue weighted by Gasteiger charge is -2.33. The molecule has 2 aromatic rings. The van der Waals surface area contributed by atoms with E-state index in [1.54, 1.807) is 23.0 Å². The third-order valence-electron chi connectivity index (χ3n) is 4.12. The van der Waals surface area contributed by atoms with Crippen LogP contribution in [0, 0.1) is 0 Å². The summed E-state index contributed by atoms with van der Waals surface area (Å²) in [6.45, 7) is 1.66. The zero-order chi connectivity index (χ0) is 17.1. The van der Waals surface area contributed by atoms with Crippen molar-refractivity contribution in [3.63, 3.8) is 0 Å². The van der Waals surface area contributed by atoms with Crippen molar-refractivity contribution in [3.05, 3.63) is 51.8 Å². The minimum atomic E-state index is -0.171. The minimum absolute atomic E-state index is 0.132. The summed E-state index contributed by atoms with van der Waals surface area (Å²) in [5.41, 5.74) is 2.01. The highest BCUT2D eigenvalue weighted by atomic mass is 35.5. The number of hydrogen-bond acceptors (Lipinski definition) is 3. The minimum Gasteiger partial charge on any atom is -0.370 e. The lowest BCUT2D eigenvalue weighted by Crippen LogP contribution is -2.42. The lowest BCUT2D eigenvalue weighted by atomic mass is 10.1. The molecule has 0 bridgehead atoms. The number of benzene rings is 1. The van der Waals surface area contributed by atoms with Gasteiger partial charge >= 0.3 is 0 Å². The number of nitrogens with zero attached hydrogens (tertiary/aromatic N) is 3. The molecule has 0 saturated carbocycles. The Balaban J connectivity index is 1.60. The predicted octanol–water partition coefficient (Wildman–Crippen LogP) is 3.26. The van der Waals surface area contributed by atoms with Gasteiger partial charge in [0.2, 0.25) is 5.91 Å². The molecule has 0 unspecified atom stereocenters. The summed E-state index contributed by atoms with van der Waals surface area (Å²) in [4.78, 5) is 14.3. The summed E-state index contributed by atoms with van der Waals surface area (Å²) in [5.74, 6) is 0.132. The van der Waals surface area contributed by atoms with E-state index >= 15 is 0 Å². The van der Waals surface area contributed by atoms with E-state index in [-0.39, 0.29) is 12.0 Å². The second kappa shape index (κ2) is 7.55. The molecule has 1 atom stereocenters. The summed E-state index contributed by atoms with van der Waals surface area (Å²) in [7, 11) is 1.87. The summed E-state index contributed by atoms with van der Waals surface area (Å²) < 4.78 is 7.54. The van der Waals surface area contributed by atoms with Gasteiger partial charge in [-0.3, -0.25) is 9.48 Å². The molecule has 0 radical (unpaired) electrons. The van der Waals surface area contributed by atoms with Crippen LogP contribution in [0.15, 0.2) is 30.6 Å². The first kappa shape index (κ1) is 17.3. The van der Waals surface area contributed by atoms with Crippen LogP contribution >= 0.6 is 23.2 Å². The van der Waals surface area contributed by atoms with Gasteiger partial charge < -0.3 is 9.64 Å². The van der Waals surface area contributed by atoms with Crippen LogP contribution < -0.4 is 0 Å². The predicted molar refractivity (Wildman–Crippen MR) is 93.3 cm³/mol. The van der Waals surface area contributed by atoms with Crippen LogP contribution in [0.5, 0.6) is 0 Å². The monoisotopic (exact) mass is 367 g/mol. The first-order valence-corrected chi connectivity index (χ1v) is 8.60. The lowest BCUT2D eigenvalue weighted by molar-refractivity contribution is -0.139. The van der Waals surface area contributed by atoms with E-state index in [1.807, 2.05) is 24.2 Å². The molecule has 0 aliphatic carbocycles. The molecular formula is C17H19Cl2N3O2. The Bertz CT molecular complexity index is 732. The van der Waals surface area contributed by atoms with Crippen molar-refractivity contribution in [2.45, 2.75) is 18.9 Å². The molecule has 1 aromatic heterocycles. The molecule has 1 aromatic carbocycles. The fourth-order valence-corrected chi connectivity index (χ4v) is 3.11. The van der Waals surface area contributed by atoms with E-state index in [4.69, 9.17) is 27.9 Å². The zero-order valence-corrected chi connectivity index (χ0v) is 14.9. The molecule has 1 saturated heterocycles. The number of hydrogen-bond donors (Lipinski definition) is 0. The standard InChI is InChI=1S/C17H19Cl2N3O2/c1-21-10-12(9-20-21)2-5-17(23)22-6-7-24-16(11-22)13-3-4-14(18)15(19)8-13/h3-4,8-10,16H,2,5-7,11H2,1H3/t16-/m0/s1. The molecule has 0 N–H and O–H groups in total. The molecule has 24 heavy (non-hydrogen) atoms. The molecule has 1 amide bonds. The van der Waals surface area contributed by atoms with Crippen molar-refractivity contribution in [1.82, 2.24) is 14.7 Å². The van der Waals surface area contributed by atoms with Crippen LogP contribution in [-0.4, -0.2) is 40.3 Å². The van der Waals surface area contributed by atoms with Crippen molar-refractivity contribution in [1.29, 1.82) is 0 Å². The quantitative estimate of drug-likeness (QED) is 0.832. The summed E-state index contributed by atoms with van der Waals surface area (Å²) in [6.07, 6.45) is 4.73. The zero-order valence-electron chi connectivity index (χ0n) is 13.4. The van der Waals surface area contributed by atoms with Crippen molar-refractivity contribution in [2.24, 2.45) is 7.05 Å².